The van der Waals surface area contributed by atoms with Gasteiger partial charge in [0.25, 0.3) is 16.8 Å². The van der Waals surface area contributed by atoms with Crippen molar-refractivity contribution in [1.82, 2.24) is 10.2 Å². The zero-order valence-corrected chi connectivity index (χ0v) is 21.0. The molecule has 1 N–H and O–H groups in total. The van der Waals surface area contributed by atoms with Gasteiger partial charge in [-0.2, -0.15) is 0 Å². The van der Waals surface area contributed by atoms with Crippen LogP contribution in [-0.4, -0.2) is 33.3 Å². The molecule has 36 heavy (non-hydrogen) atoms. The maximum atomic E-state index is 11.8. The van der Waals surface area contributed by atoms with Crippen molar-refractivity contribution in [3.05, 3.63) is 78.3 Å². The Morgan fingerprint density at radius 1 is 1.08 bits per heavy atom. The van der Waals surface area contributed by atoms with Crippen molar-refractivity contribution in [3.63, 3.8) is 0 Å². The van der Waals surface area contributed by atoms with Crippen molar-refractivity contribution in [2.45, 2.75) is 5.22 Å². The molecule has 0 radical (unpaired) electrons. The molecule has 0 saturated carbocycles. The van der Waals surface area contributed by atoms with Crippen molar-refractivity contribution < 1.29 is 28.4 Å². The Bertz CT molecular complexity index is 1520. The van der Waals surface area contributed by atoms with E-state index in [1.54, 1.807) is 18.2 Å². The van der Waals surface area contributed by atoms with Crippen LogP contribution in [0.4, 0.5) is 5.69 Å². The molecule has 2 heterocycles. The topological polar surface area (TPSA) is 142 Å². The molecule has 0 bridgehead atoms. The van der Waals surface area contributed by atoms with Crippen LogP contribution >= 0.6 is 46.6 Å². The van der Waals surface area contributed by atoms with E-state index in [4.69, 9.17) is 48.4 Å². The van der Waals surface area contributed by atoms with Gasteiger partial charge in [-0.3, -0.25) is 10.1 Å². The highest BCUT2D eigenvalue weighted by Gasteiger charge is 2.21. The van der Waals surface area contributed by atoms with Gasteiger partial charge in [0, 0.05) is 22.7 Å². The van der Waals surface area contributed by atoms with Crippen molar-refractivity contribution in [2.75, 3.05) is 7.11 Å². The van der Waals surface area contributed by atoms with Crippen LogP contribution in [0.2, 0.25) is 15.1 Å². The number of methoxy groups -OCH3 is 1. The predicted molar refractivity (Wildman–Crippen MR) is 134 cm³/mol. The summed E-state index contributed by atoms with van der Waals surface area (Å²) in [4.78, 5) is 22.0. The van der Waals surface area contributed by atoms with E-state index in [9.17, 15) is 20.0 Å². The number of nitro groups is 1. The van der Waals surface area contributed by atoms with Gasteiger partial charge in [0.2, 0.25) is 0 Å². The number of carboxylic acid groups (broad SMARTS) is 1. The highest BCUT2D eigenvalue weighted by Crippen LogP contribution is 2.38. The van der Waals surface area contributed by atoms with Crippen molar-refractivity contribution >= 4 is 64.3 Å². The second-order valence-electron chi connectivity index (χ2n) is 6.88. The van der Waals surface area contributed by atoms with Crippen LogP contribution in [0.15, 0.2) is 61.4 Å². The molecule has 14 heteroatoms. The van der Waals surface area contributed by atoms with Crippen LogP contribution in [0, 0.1) is 10.1 Å². The van der Waals surface area contributed by atoms with Crippen LogP contribution in [-0.2, 0) is 4.79 Å². The SMILES string of the molecule is COc1ccc(Cl)cc1-c1nnc(S/C(=C\c2ccc(-c3cc(Cl)c([N+](=O)[O-])cc3Cl)o2)C(=O)O)o1. The highest BCUT2D eigenvalue weighted by atomic mass is 35.5. The summed E-state index contributed by atoms with van der Waals surface area (Å²) in [5.74, 6) is -0.342. The Morgan fingerprint density at radius 2 is 1.86 bits per heavy atom. The lowest BCUT2D eigenvalue weighted by Crippen LogP contribution is -1.96. The average Bonchev–Trinajstić information content (AvgIpc) is 3.49. The van der Waals surface area contributed by atoms with Crippen molar-refractivity contribution in [1.29, 1.82) is 0 Å². The maximum Gasteiger partial charge on any atom is 0.342 e. The first-order valence-electron chi connectivity index (χ1n) is 9.70. The first-order chi connectivity index (χ1) is 17.2. The molecule has 2 aromatic carbocycles. The van der Waals surface area contributed by atoms with Crippen LogP contribution in [0.1, 0.15) is 5.76 Å². The third kappa shape index (κ3) is 5.49. The molecule has 2 aromatic heterocycles. The van der Waals surface area contributed by atoms with E-state index >= 15 is 0 Å². The van der Waals surface area contributed by atoms with Gasteiger partial charge in [-0.1, -0.05) is 34.8 Å². The summed E-state index contributed by atoms with van der Waals surface area (Å²) >= 11 is 18.9. The number of hydrogen-bond acceptors (Lipinski definition) is 9. The zero-order valence-electron chi connectivity index (χ0n) is 17.9. The number of aromatic nitrogens is 2. The molecule has 4 rings (SSSR count). The molecule has 4 aromatic rings. The van der Waals surface area contributed by atoms with Gasteiger partial charge in [-0.25, -0.2) is 4.79 Å². The molecule has 0 aliphatic carbocycles. The van der Waals surface area contributed by atoms with Crippen molar-refractivity contribution in [3.8, 4) is 28.5 Å². The van der Waals surface area contributed by atoms with Crippen LogP contribution in [0.25, 0.3) is 28.9 Å². The molecule has 0 aliphatic rings. The Kier molecular flexibility index (Phi) is 7.55. The molecule has 0 fully saturated rings. The largest absolute Gasteiger partial charge is 0.496 e. The smallest absolute Gasteiger partial charge is 0.342 e. The molecule has 184 valence electrons. The first-order valence-corrected chi connectivity index (χ1v) is 11.6. The summed E-state index contributed by atoms with van der Waals surface area (Å²) in [6.45, 7) is 0. The number of benzene rings is 2. The van der Waals surface area contributed by atoms with E-state index in [1.807, 2.05) is 0 Å². The highest BCUT2D eigenvalue weighted by molar-refractivity contribution is 8.03. The third-order valence-electron chi connectivity index (χ3n) is 4.61. The predicted octanol–water partition coefficient (Wildman–Crippen LogP) is 7.09. The molecule has 0 amide bonds. The summed E-state index contributed by atoms with van der Waals surface area (Å²) in [6.07, 6.45) is 1.25. The third-order valence-corrected chi connectivity index (χ3v) is 6.31. The summed E-state index contributed by atoms with van der Waals surface area (Å²) < 4.78 is 16.6. The molecular formula is C22H12Cl3N3O7S. The second-order valence-corrected chi connectivity index (χ2v) is 9.12. The Hall–Kier alpha value is -3.51. The number of rotatable bonds is 8. The number of thioether (sulfide) groups is 1. The Labute approximate surface area is 221 Å². The number of ether oxygens (including phenoxy) is 1. The van der Waals surface area contributed by atoms with Crippen LogP contribution < -0.4 is 4.74 Å². The summed E-state index contributed by atoms with van der Waals surface area (Å²) in [7, 11) is 1.47. The minimum Gasteiger partial charge on any atom is -0.496 e. The average molecular weight is 569 g/mol. The van der Waals surface area contributed by atoms with Gasteiger partial charge in [0.1, 0.15) is 27.2 Å². The quantitative estimate of drug-likeness (QED) is 0.101. The lowest BCUT2D eigenvalue weighted by molar-refractivity contribution is -0.384. The van der Waals surface area contributed by atoms with E-state index in [0.717, 1.165) is 6.07 Å². The fourth-order valence-electron chi connectivity index (χ4n) is 3.01. The van der Waals surface area contributed by atoms with E-state index in [1.165, 1.54) is 31.4 Å². The molecular weight excluding hydrogens is 557 g/mol. The lowest BCUT2D eigenvalue weighted by atomic mass is 10.1. The van der Waals surface area contributed by atoms with Gasteiger partial charge in [-0.05, 0) is 48.2 Å². The summed E-state index contributed by atoms with van der Waals surface area (Å²) in [5.41, 5.74) is 0.393. The molecule has 0 aliphatic heterocycles. The summed E-state index contributed by atoms with van der Waals surface area (Å²) in [5, 5.41) is 28.8. The number of furan rings is 1. The van der Waals surface area contributed by atoms with E-state index in [2.05, 4.69) is 10.2 Å². The number of nitro benzene ring substituents is 1. The Balaban J connectivity index is 1.61. The number of nitrogens with zero attached hydrogens (tertiary/aromatic N) is 3. The Morgan fingerprint density at radius 3 is 2.56 bits per heavy atom. The first kappa shape index (κ1) is 25.6. The molecule has 0 saturated heterocycles. The fourth-order valence-corrected chi connectivity index (χ4v) is 4.31. The normalized spacial score (nSPS) is 11.5. The minimum absolute atomic E-state index is 0.0404. The standard InChI is InChI=1S/C22H12Cl3N3O7S/c1-33-17-4-2-10(23)6-13(17)20-26-27-22(35-20)36-19(21(29)30)7-11-3-5-18(34-11)12-8-15(25)16(28(31)32)9-14(12)24/h2-9H,1H3,(H,29,30)/b19-7-. The van der Waals surface area contributed by atoms with Gasteiger partial charge < -0.3 is 18.7 Å². The van der Waals surface area contributed by atoms with Crippen LogP contribution in [0.5, 0.6) is 5.75 Å². The number of carbonyl (C=O) groups is 1. The van der Waals surface area contributed by atoms with Gasteiger partial charge >= 0.3 is 5.97 Å². The van der Waals surface area contributed by atoms with E-state index in [-0.39, 0.29) is 43.3 Å². The number of halogens is 3. The molecule has 10 nitrogen and oxygen atoms in total. The van der Waals surface area contributed by atoms with Crippen molar-refractivity contribution in [2.24, 2.45) is 0 Å². The zero-order chi connectivity index (χ0) is 26.0. The second kappa shape index (κ2) is 10.6. The van der Waals surface area contributed by atoms with Gasteiger partial charge in [0.05, 0.1) is 22.6 Å². The van der Waals surface area contributed by atoms with E-state index < -0.39 is 10.9 Å². The summed E-state index contributed by atoms with van der Waals surface area (Å²) in [6, 6.07) is 10.3. The maximum absolute atomic E-state index is 11.8. The number of aliphatic carboxylic acids is 1. The monoisotopic (exact) mass is 567 g/mol. The van der Waals surface area contributed by atoms with Crippen LogP contribution in [0.3, 0.4) is 0 Å². The number of hydrogen-bond donors (Lipinski definition) is 1. The van der Waals surface area contributed by atoms with Gasteiger partial charge in [0.15, 0.2) is 0 Å². The fraction of sp³-hybridized carbons (Fsp3) is 0.0455. The minimum atomic E-state index is -1.27. The van der Waals surface area contributed by atoms with E-state index in [0.29, 0.717) is 33.7 Å². The van der Waals surface area contributed by atoms with Gasteiger partial charge in [-0.15, -0.1) is 10.2 Å². The molecule has 0 spiro atoms. The number of carboxylic acids is 1. The lowest BCUT2D eigenvalue weighted by Gasteiger charge is -2.04. The molecule has 0 unspecified atom stereocenters. The molecule has 0 atom stereocenters.